The largest absolute Gasteiger partial charge is 0.377 e. The van der Waals surface area contributed by atoms with Crippen LogP contribution < -0.4 is 26.8 Å². The van der Waals surface area contributed by atoms with Gasteiger partial charge in [-0.15, -0.1) is 0 Å². The van der Waals surface area contributed by atoms with Gasteiger partial charge < -0.3 is 16.0 Å². The monoisotopic (exact) mass is 468 g/mol. The second-order valence-corrected chi connectivity index (χ2v) is 9.07. The summed E-state index contributed by atoms with van der Waals surface area (Å²) in [5, 5.41) is 9.50. The fraction of sp³-hybridized carbons (Fsp3) is 0.296. The number of nitrogens with zero attached hydrogens (tertiary/aromatic N) is 3. The van der Waals surface area contributed by atoms with Gasteiger partial charge in [0.15, 0.2) is 0 Å². The van der Waals surface area contributed by atoms with Gasteiger partial charge in [-0.3, -0.25) is 14.6 Å². The number of pyridine rings is 1. The minimum absolute atomic E-state index is 0.136. The van der Waals surface area contributed by atoms with Gasteiger partial charge in [0.25, 0.3) is 10.9 Å². The van der Waals surface area contributed by atoms with E-state index < -0.39 is 10.9 Å². The molecule has 0 saturated heterocycles. The van der Waals surface area contributed by atoms with Crippen LogP contribution in [0.1, 0.15) is 39.0 Å². The fourth-order valence-electron chi connectivity index (χ4n) is 4.66. The van der Waals surface area contributed by atoms with Gasteiger partial charge in [0.1, 0.15) is 17.2 Å². The molecule has 1 atom stereocenters. The number of nitrogens with one attached hydrogen (secondary N) is 3. The van der Waals surface area contributed by atoms with E-state index in [1.165, 1.54) is 19.3 Å². The number of rotatable bonds is 8. The summed E-state index contributed by atoms with van der Waals surface area (Å²) in [6.07, 6.45) is 11.1. The molecule has 0 amide bonds. The summed E-state index contributed by atoms with van der Waals surface area (Å²) in [7, 11) is 0. The van der Waals surface area contributed by atoms with Crippen LogP contribution in [-0.4, -0.2) is 21.0 Å². The minimum Gasteiger partial charge on any atom is -0.377 e. The van der Waals surface area contributed by atoms with Crippen molar-refractivity contribution in [3.8, 4) is 11.1 Å². The van der Waals surface area contributed by atoms with Gasteiger partial charge in [0, 0.05) is 30.3 Å². The van der Waals surface area contributed by atoms with Gasteiger partial charge in [0.05, 0.1) is 0 Å². The summed E-state index contributed by atoms with van der Waals surface area (Å²) < 4.78 is 0. The maximum atomic E-state index is 12.3. The lowest BCUT2D eigenvalue weighted by molar-refractivity contribution is 0.328. The van der Waals surface area contributed by atoms with Crippen molar-refractivity contribution in [3.63, 3.8) is 0 Å². The van der Waals surface area contributed by atoms with Crippen molar-refractivity contribution in [3.05, 3.63) is 81.5 Å². The highest BCUT2D eigenvalue weighted by Gasteiger charge is 2.26. The minimum atomic E-state index is -0.525. The zero-order valence-electron chi connectivity index (χ0n) is 19.6. The zero-order chi connectivity index (χ0) is 24.2. The summed E-state index contributed by atoms with van der Waals surface area (Å²) in [4.78, 5) is 37.3. The predicted octanol–water partition coefficient (Wildman–Crippen LogP) is 5.00. The molecule has 8 heteroatoms. The Kier molecular flexibility index (Phi) is 6.52. The highest BCUT2D eigenvalue weighted by molar-refractivity contribution is 5.78. The molecule has 0 bridgehead atoms. The van der Waals surface area contributed by atoms with Crippen LogP contribution in [0.5, 0.6) is 0 Å². The van der Waals surface area contributed by atoms with Crippen molar-refractivity contribution in [2.24, 2.45) is 5.92 Å². The number of benzene rings is 1. The van der Waals surface area contributed by atoms with E-state index in [2.05, 4.69) is 37.8 Å². The van der Waals surface area contributed by atoms with Crippen LogP contribution in [0, 0.1) is 5.92 Å². The molecule has 0 spiro atoms. The van der Waals surface area contributed by atoms with Gasteiger partial charge in [-0.25, -0.2) is 4.98 Å². The number of aromatic nitrogens is 3. The Morgan fingerprint density at radius 1 is 0.800 bits per heavy atom. The first-order valence-corrected chi connectivity index (χ1v) is 12.1. The molecule has 1 unspecified atom stereocenters. The first kappa shape index (κ1) is 22.7. The molecule has 1 saturated carbocycles. The molecule has 178 valence electrons. The lowest BCUT2D eigenvalue weighted by atomic mass is 9.84. The van der Waals surface area contributed by atoms with E-state index in [-0.39, 0.29) is 11.7 Å². The molecule has 3 N–H and O–H groups in total. The van der Waals surface area contributed by atoms with Crippen molar-refractivity contribution >= 4 is 28.8 Å². The van der Waals surface area contributed by atoms with Crippen molar-refractivity contribution < 1.29 is 0 Å². The molecule has 2 aromatic heterocycles. The quantitative estimate of drug-likeness (QED) is 0.310. The third kappa shape index (κ3) is 5.06. The topological polar surface area (TPSA) is 109 Å². The van der Waals surface area contributed by atoms with Crippen LogP contribution >= 0.6 is 0 Å². The summed E-state index contributed by atoms with van der Waals surface area (Å²) >= 11 is 0. The van der Waals surface area contributed by atoms with E-state index in [0.29, 0.717) is 23.4 Å². The molecular weight excluding hydrogens is 440 g/mol. The van der Waals surface area contributed by atoms with E-state index >= 15 is 0 Å². The second kappa shape index (κ2) is 10.0. The van der Waals surface area contributed by atoms with E-state index in [4.69, 9.17) is 0 Å². The van der Waals surface area contributed by atoms with Crippen LogP contribution in [0.4, 0.5) is 28.8 Å². The number of hydrogen-bond donors (Lipinski definition) is 3. The maximum absolute atomic E-state index is 12.3. The first-order chi connectivity index (χ1) is 17.1. The van der Waals surface area contributed by atoms with E-state index in [9.17, 15) is 9.59 Å². The average molecular weight is 469 g/mol. The molecule has 4 aromatic rings. The van der Waals surface area contributed by atoms with Crippen molar-refractivity contribution in [2.75, 3.05) is 16.0 Å². The molecule has 1 fully saturated rings. The predicted molar refractivity (Wildman–Crippen MR) is 139 cm³/mol. The molecule has 2 heterocycles. The Balaban J connectivity index is 1.27. The first-order valence-electron chi connectivity index (χ1n) is 12.1. The van der Waals surface area contributed by atoms with Crippen LogP contribution in [0.2, 0.25) is 0 Å². The van der Waals surface area contributed by atoms with Gasteiger partial charge in [-0.2, -0.15) is 4.98 Å². The summed E-state index contributed by atoms with van der Waals surface area (Å²) in [5.74, 6) is 1.34. The van der Waals surface area contributed by atoms with Gasteiger partial charge >= 0.3 is 0 Å². The standard InChI is InChI=1S/C27H28N6O2/c1-17(18-5-3-2-4-6-18)30-23-24(26(35)25(23)34)32-22-13-16-29-27(33-22)31-21-9-7-19(8-10-21)20-11-14-28-15-12-20/h7-18,30H,2-6H2,1H3,(H2,29,31,32,33). The second-order valence-electron chi connectivity index (χ2n) is 9.07. The third-order valence-electron chi connectivity index (χ3n) is 6.70. The van der Waals surface area contributed by atoms with Gasteiger partial charge in [0.2, 0.25) is 5.95 Å². The Hall–Kier alpha value is -4.07. The Bertz CT molecular complexity index is 1360. The smallest absolute Gasteiger partial charge is 0.253 e. The van der Waals surface area contributed by atoms with Crippen molar-refractivity contribution in [1.29, 1.82) is 0 Å². The van der Waals surface area contributed by atoms with Crippen LogP contribution in [-0.2, 0) is 0 Å². The summed E-state index contributed by atoms with van der Waals surface area (Å²) in [5.41, 5.74) is 2.62. The van der Waals surface area contributed by atoms with Gasteiger partial charge in [-0.05, 0) is 67.1 Å². The highest BCUT2D eigenvalue weighted by atomic mass is 16.2. The maximum Gasteiger partial charge on any atom is 0.253 e. The number of hydrogen-bond acceptors (Lipinski definition) is 8. The lowest BCUT2D eigenvalue weighted by Gasteiger charge is -2.29. The molecule has 35 heavy (non-hydrogen) atoms. The average Bonchev–Trinajstić information content (AvgIpc) is 2.92. The normalized spacial score (nSPS) is 15.0. The highest BCUT2D eigenvalue weighted by Crippen LogP contribution is 2.29. The third-order valence-corrected chi connectivity index (χ3v) is 6.70. The van der Waals surface area contributed by atoms with Crippen LogP contribution in [0.25, 0.3) is 11.1 Å². The van der Waals surface area contributed by atoms with Gasteiger partial charge in [-0.1, -0.05) is 31.4 Å². The van der Waals surface area contributed by atoms with Crippen LogP contribution in [0.15, 0.2) is 70.6 Å². The van der Waals surface area contributed by atoms with E-state index in [0.717, 1.165) is 29.7 Å². The molecule has 1 aliphatic carbocycles. The zero-order valence-corrected chi connectivity index (χ0v) is 19.6. The van der Waals surface area contributed by atoms with E-state index in [1.54, 1.807) is 24.7 Å². The Morgan fingerprint density at radius 2 is 1.49 bits per heavy atom. The summed E-state index contributed by atoms with van der Waals surface area (Å²) in [6.45, 7) is 2.09. The van der Waals surface area contributed by atoms with Crippen LogP contribution in [0.3, 0.4) is 0 Å². The summed E-state index contributed by atoms with van der Waals surface area (Å²) in [6, 6.07) is 13.6. The molecule has 0 aliphatic heterocycles. The lowest BCUT2D eigenvalue weighted by Crippen LogP contribution is -2.40. The molecule has 8 nitrogen and oxygen atoms in total. The SMILES string of the molecule is CC(Nc1c(Nc2ccnc(Nc3ccc(-c4ccncc4)cc3)n2)c(=O)c1=O)C1CCCCC1. The molecule has 1 aliphatic rings. The van der Waals surface area contributed by atoms with Crippen molar-refractivity contribution in [1.82, 2.24) is 15.0 Å². The fourth-order valence-corrected chi connectivity index (χ4v) is 4.66. The molecule has 0 radical (unpaired) electrons. The van der Waals surface area contributed by atoms with E-state index in [1.807, 2.05) is 36.4 Å². The Labute approximate surface area is 203 Å². The van der Waals surface area contributed by atoms with Crippen molar-refractivity contribution in [2.45, 2.75) is 45.1 Å². The molecular formula is C27H28N6O2. The Morgan fingerprint density at radius 3 is 2.23 bits per heavy atom. The molecule has 5 rings (SSSR count). The molecule has 2 aromatic carbocycles. The number of anilines is 5.